The summed E-state index contributed by atoms with van der Waals surface area (Å²) in [6.07, 6.45) is 3.69. The third-order valence-corrected chi connectivity index (χ3v) is 4.68. The zero-order valence-corrected chi connectivity index (χ0v) is 12.0. The van der Waals surface area contributed by atoms with Gasteiger partial charge in [0.05, 0.1) is 13.2 Å². The molecule has 0 aromatic carbocycles. The molecule has 2 aliphatic heterocycles. The van der Waals surface area contributed by atoms with Crippen LogP contribution in [0.2, 0.25) is 0 Å². The molecular weight excluding hydrogens is 226 g/mol. The summed E-state index contributed by atoms with van der Waals surface area (Å²) in [7, 11) is 0. The second kappa shape index (κ2) is 6.33. The highest BCUT2D eigenvalue weighted by molar-refractivity contribution is 4.98. The first kappa shape index (κ1) is 14.3. The van der Waals surface area contributed by atoms with Gasteiger partial charge >= 0.3 is 0 Å². The van der Waals surface area contributed by atoms with E-state index in [1.54, 1.807) is 0 Å². The van der Waals surface area contributed by atoms with Crippen LogP contribution in [0.1, 0.15) is 33.1 Å². The molecule has 2 rings (SSSR count). The molecule has 4 heteroatoms. The molecular formula is C14H29N3O. The van der Waals surface area contributed by atoms with Crippen molar-refractivity contribution in [3.63, 3.8) is 0 Å². The molecule has 0 saturated carbocycles. The first-order valence-corrected chi connectivity index (χ1v) is 7.49. The maximum absolute atomic E-state index is 6.15. The van der Waals surface area contributed by atoms with E-state index in [0.717, 1.165) is 26.3 Å². The SMILES string of the molecule is CCCN1CCC(CN)(N2CCOCC2C)CC1. The zero-order chi connectivity index (χ0) is 13.0. The molecule has 1 unspecified atom stereocenters. The van der Waals surface area contributed by atoms with Crippen molar-refractivity contribution in [2.45, 2.75) is 44.7 Å². The third-order valence-electron chi connectivity index (χ3n) is 4.68. The van der Waals surface area contributed by atoms with Crippen LogP contribution >= 0.6 is 0 Å². The first-order valence-electron chi connectivity index (χ1n) is 7.49. The monoisotopic (exact) mass is 255 g/mol. The van der Waals surface area contributed by atoms with Crippen LogP contribution < -0.4 is 5.73 Å². The van der Waals surface area contributed by atoms with Gasteiger partial charge < -0.3 is 15.4 Å². The highest BCUT2D eigenvalue weighted by Gasteiger charge is 2.41. The van der Waals surface area contributed by atoms with Gasteiger partial charge in [0.2, 0.25) is 0 Å². The van der Waals surface area contributed by atoms with Crippen molar-refractivity contribution in [2.24, 2.45) is 5.73 Å². The maximum atomic E-state index is 6.15. The number of nitrogens with zero attached hydrogens (tertiary/aromatic N) is 2. The first-order chi connectivity index (χ1) is 8.72. The van der Waals surface area contributed by atoms with Gasteiger partial charge in [0.1, 0.15) is 0 Å². The lowest BCUT2D eigenvalue weighted by Crippen LogP contribution is -2.64. The maximum Gasteiger partial charge on any atom is 0.0620 e. The van der Waals surface area contributed by atoms with E-state index in [1.807, 2.05) is 0 Å². The predicted octanol–water partition coefficient (Wildman–Crippen LogP) is 0.910. The minimum atomic E-state index is 0.230. The largest absolute Gasteiger partial charge is 0.379 e. The van der Waals surface area contributed by atoms with Crippen LogP contribution in [0.5, 0.6) is 0 Å². The highest BCUT2D eigenvalue weighted by atomic mass is 16.5. The van der Waals surface area contributed by atoms with E-state index in [1.165, 1.54) is 38.9 Å². The van der Waals surface area contributed by atoms with Gasteiger partial charge in [-0.2, -0.15) is 0 Å². The van der Waals surface area contributed by atoms with Crippen LogP contribution in [0.4, 0.5) is 0 Å². The number of ether oxygens (including phenoxy) is 1. The van der Waals surface area contributed by atoms with E-state index in [4.69, 9.17) is 10.5 Å². The van der Waals surface area contributed by atoms with Crippen molar-refractivity contribution in [1.82, 2.24) is 9.80 Å². The van der Waals surface area contributed by atoms with E-state index >= 15 is 0 Å². The Hall–Kier alpha value is -0.160. The molecule has 0 radical (unpaired) electrons. The quantitative estimate of drug-likeness (QED) is 0.811. The van der Waals surface area contributed by atoms with Gasteiger partial charge in [-0.3, -0.25) is 4.90 Å². The van der Waals surface area contributed by atoms with Crippen molar-refractivity contribution < 1.29 is 4.74 Å². The van der Waals surface area contributed by atoms with Crippen molar-refractivity contribution in [2.75, 3.05) is 45.9 Å². The second-order valence-corrected chi connectivity index (χ2v) is 5.89. The Kier molecular flexibility index (Phi) is 5.01. The summed E-state index contributed by atoms with van der Waals surface area (Å²) < 4.78 is 5.56. The van der Waals surface area contributed by atoms with Crippen molar-refractivity contribution in [3.8, 4) is 0 Å². The molecule has 0 bridgehead atoms. The number of hydrogen-bond acceptors (Lipinski definition) is 4. The summed E-state index contributed by atoms with van der Waals surface area (Å²) in [5, 5.41) is 0. The molecule has 2 N–H and O–H groups in total. The van der Waals surface area contributed by atoms with Crippen LogP contribution in [0, 0.1) is 0 Å². The van der Waals surface area contributed by atoms with Gasteiger partial charge in [-0.15, -0.1) is 0 Å². The summed E-state index contributed by atoms with van der Waals surface area (Å²) in [5.74, 6) is 0. The molecule has 2 aliphatic rings. The lowest BCUT2D eigenvalue weighted by atomic mass is 9.84. The lowest BCUT2D eigenvalue weighted by molar-refractivity contribution is -0.0759. The van der Waals surface area contributed by atoms with Crippen LogP contribution in [0.15, 0.2) is 0 Å². The number of rotatable bonds is 4. The van der Waals surface area contributed by atoms with Crippen LogP contribution in [-0.2, 0) is 4.74 Å². The summed E-state index contributed by atoms with van der Waals surface area (Å²) in [6.45, 7) is 11.7. The Morgan fingerprint density at radius 1 is 1.28 bits per heavy atom. The molecule has 0 aromatic heterocycles. The second-order valence-electron chi connectivity index (χ2n) is 5.89. The fraction of sp³-hybridized carbons (Fsp3) is 1.00. The molecule has 0 aliphatic carbocycles. The smallest absolute Gasteiger partial charge is 0.0620 e. The topological polar surface area (TPSA) is 41.7 Å². The fourth-order valence-corrected chi connectivity index (χ4v) is 3.55. The minimum absolute atomic E-state index is 0.230. The molecule has 0 amide bonds. The molecule has 18 heavy (non-hydrogen) atoms. The zero-order valence-electron chi connectivity index (χ0n) is 12.0. The van der Waals surface area contributed by atoms with Crippen LogP contribution in [0.25, 0.3) is 0 Å². The van der Waals surface area contributed by atoms with E-state index in [0.29, 0.717) is 6.04 Å². The van der Waals surface area contributed by atoms with Crippen molar-refractivity contribution >= 4 is 0 Å². The van der Waals surface area contributed by atoms with Gasteiger partial charge in [-0.1, -0.05) is 6.92 Å². The summed E-state index contributed by atoms with van der Waals surface area (Å²) in [4.78, 5) is 5.21. The number of morpholine rings is 1. The average Bonchev–Trinajstić information content (AvgIpc) is 2.41. The van der Waals surface area contributed by atoms with E-state index in [-0.39, 0.29) is 5.54 Å². The van der Waals surface area contributed by atoms with Crippen LogP contribution in [0.3, 0.4) is 0 Å². The number of nitrogens with two attached hydrogens (primary N) is 1. The van der Waals surface area contributed by atoms with Crippen molar-refractivity contribution in [1.29, 1.82) is 0 Å². The third kappa shape index (κ3) is 2.87. The molecule has 106 valence electrons. The Bertz CT molecular complexity index is 251. The Labute approximate surface area is 111 Å². The molecule has 1 atom stereocenters. The average molecular weight is 255 g/mol. The van der Waals surface area contributed by atoms with Crippen LogP contribution in [-0.4, -0.2) is 67.3 Å². The van der Waals surface area contributed by atoms with Gasteiger partial charge in [-0.05, 0) is 45.8 Å². The molecule has 2 heterocycles. The Morgan fingerprint density at radius 3 is 2.56 bits per heavy atom. The Balaban J connectivity index is 1.98. The number of piperidine rings is 1. The number of likely N-dealkylation sites (tertiary alicyclic amines) is 1. The molecule has 0 aromatic rings. The molecule has 4 nitrogen and oxygen atoms in total. The lowest BCUT2D eigenvalue weighted by Gasteiger charge is -2.52. The Morgan fingerprint density at radius 2 is 2.00 bits per heavy atom. The van der Waals surface area contributed by atoms with E-state index in [2.05, 4.69) is 23.6 Å². The van der Waals surface area contributed by atoms with E-state index in [9.17, 15) is 0 Å². The standard InChI is InChI=1S/C14H29N3O/c1-3-6-16-7-4-14(12-15,5-8-16)17-9-10-18-11-13(17)2/h13H,3-12,15H2,1-2H3. The van der Waals surface area contributed by atoms with Gasteiger partial charge in [0.15, 0.2) is 0 Å². The molecule has 0 spiro atoms. The normalized spacial score (nSPS) is 30.5. The summed E-state index contributed by atoms with van der Waals surface area (Å²) >= 11 is 0. The van der Waals surface area contributed by atoms with E-state index < -0.39 is 0 Å². The fourth-order valence-electron chi connectivity index (χ4n) is 3.55. The molecule has 2 fully saturated rings. The minimum Gasteiger partial charge on any atom is -0.379 e. The number of hydrogen-bond donors (Lipinski definition) is 1. The predicted molar refractivity (Wildman–Crippen MR) is 74.7 cm³/mol. The molecule has 2 saturated heterocycles. The van der Waals surface area contributed by atoms with Gasteiger partial charge in [-0.25, -0.2) is 0 Å². The highest BCUT2D eigenvalue weighted by Crippen LogP contribution is 2.31. The summed E-state index contributed by atoms with van der Waals surface area (Å²) in [6, 6.07) is 0.514. The van der Waals surface area contributed by atoms with Gasteiger partial charge in [0.25, 0.3) is 0 Å². The summed E-state index contributed by atoms with van der Waals surface area (Å²) in [5.41, 5.74) is 6.38. The van der Waals surface area contributed by atoms with Gasteiger partial charge in [0, 0.05) is 24.7 Å². The van der Waals surface area contributed by atoms with Crippen molar-refractivity contribution in [3.05, 3.63) is 0 Å².